The van der Waals surface area contributed by atoms with E-state index >= 15 is 0 Å². The third-order valence-corrected chi connectivity index (χ3v) is 3.28. The monoisotopic (exact) mass is 363 g/mol. The maximum absolute atomic E-state index is 13.2. The zero-order valence-corrected chi connectivity index (χ0v) is 13.2. The smallest absolute Gasteiger partial charge is 0.343 e. The van der Waals surface area contributed by atoms with Crippen molar-refractivity contribution < 1.29 is 18.7 Å². The molecular formula is C16H11BrFNO3. The number of halogens is 2. The molecule has 0 radical (unpaired) electrons. The Balaban J connectivity index is 2.36. The van der Waals surface area contributed by atoms with Gasteiger partial charge in [0, 0.05) is 6.07 Å². The van der Waals surface area contributed by atoms with E-state index in [1.807, 2.05) is 6.07 Å². The molecule has 0 aliphatic rings. The molecule has 0 saturated heterocycles. The van der Waals surface area contributed by atoms with Crippen molar-refractivity contribution in [3.05, 3.63) is 57.8 Å². The molecule has 0 heterocycles. The highest BCUT2D eigenvalue weighted by Crippen LogP contribution is 2.37. The van der Waals surface area contributed by atoms with Gasteiger partial charge in [-0.25, -0.2) is 9.18 Å². The number of carbonyl (C=O) groups excluding carboxylic acids is 1. The van der Waals surface area contributed by atoms with E-state index in [9.17, 15) is 9.18 Å². The van der Waals surface area contributed by atoms with Gasteiger partial charge in [-0.2, -0.15) is 5.26 Å². The summed E-state index contributed by atoms with van der Waals surface area (Å²) >= 11 is 3.24. The van der Waals surface area contributed by atoms with Gasteiger partial charge in [0.25, 0.3) is 0 Å². The summed E-state index contributed by atoms with van der Waals surface area (Å²) in [5.74, 6) is -0.836. The van der Waals surface area contributed by atoms with E-state index in [1.165, 1.54) is 30.3 Å². The van der Waals surface area contributed by atoms with Gasteiger partial charge in [-0.15, -0.1) is 0 Å². The number of esters is 1. The van der Waals surface area contributed by atoms with Crippen molar-refractivity contribution in [2.45, 2.75) is 6.92 Å². The Morgan fingerprint density at radius 2 is 2.14 bits per heavy atom. The molecule has 6 heteroatoms. The molecule has 2 aromatic carbocycles. The van der Waals surface area contributed by atoms with Crippen molar-refractivity contribution in [2.75, 3.05) is 6.61 Å². The second kappa shape index (κ2) is 7.05. The van der Waals surface area contributed by atoms with Crippen LogP contribution in [0.2, 0.25) is 0 Å². The van der Waals surface area contributed by atoms with Crippen molar-refractivity contribution in [2.24, 2.45) is 0 Å². The van der Waals surface area contributed by atoms with Crippen LogP contribution in [0.3, 0.4) is 0 Å². The predicted octanol–water partition coefficient (Wildman–Crippen LogP) is 4.08. The topological polar surface area (TPSA) is 59.3 Å². The van der Waals surface area contributed by atoms with Gasteiger partial charge in [-0.05, 0) is 47.1 Å². The first-order chi connectivity index (χ1) is 10.5. The van der Waals surface area contributed by atoms with E-state index in [1.54, 1.807) is 6.92 Å². The van der Waals surface area contributed by atoms with Gasteiger partial charge < -0.3 is 9.47 Å². The molecule has 2 rings (SSSR count). The minimum Gasteiger partial charge on any atom is -0.490 e. The fourth-order valence-electron chi connectivity index (χ4n) is 1.76. The van der Waals surface area contributed by atoms with Crippen molar-refractivity contribution in [3.8, 4) is 17.6 Å². The summed E-state index contributed by atoms with van der Waals surface area (Å²) in [5, 5.41) is 8.96. The lowest BCUT2D eigenvalue weighted by Gasteiger charge is -2.12. The molecule has 4 nitrogen and oxygen atoms in total. The lowest BCUT2D eigenvalue weighted by molar-refractivity contribution is 0.0726. The van der Waals surface area contributed by atoms with Crippen molar-refractivity contribution >= 4 is 21.9 Å². The number of hydrogen-bond acceptors (Lipinski definition) is 4. The van der Waals surface area contributed by atoms with Crippen molar-refractivity contribution in [1.29, 1.82) is 5.26 Å². The maximum Gasteiger partial charge on any atom is 0.343 e. The van der Waals surface area contributed by atoms with Crippen LogP contribution < -0.4 is 9.47 Å². The number of nitriles is 1. The molecule has 0 atom stereocenters. The molecule has 0 bridgehead atoms. The number of rotatable bonds is 4. The Bertz CT molecular complexity index is 756. The van der Waals surface area contributed by atoms with Gasteiger partial charge in [0.2, 0.25) is 0 Å². The van der Waals surface area contributed by atoms with Crippen LogP contribution in [0.15, 0.2) is 40.9 Å². The zero-order valence-electron chi connectivity index (χ0n) is 11.6. The van der Waals surface area contributed by atoms with E-state index in [0.717, 1.165) is 6.07 Å². The van der Waals surface area contributed by atoms with E-state index in [2.05, 4.69) is 15.9 Å². The minimum atomic E-state index is -0.717. The number of carbonyl (C=O) groups is 1. The molecular weight excluding hydrogens is 353 g/mol. The van der Waals surface area contributed by atoms with Gasteiger partial charge in [-0.3, -0.25) is 0 Å². The first-order valence-electron chi connectivity index (χ1n) is 6.39. The second-order valence-electron chi connectivity index (χ2n) is 4.23. The predicted molar refractivity (Wildman–Crippen MR) is 81.4 cm³/mol. The van der Waals surface area contributed by atoms with E-state index < -0.39 is 11.8 Å². The average molecular weight is 364 g/mol. The van der Waals surface area contributed by atoms with E-state index in [-0.39, 0.29) is 17.1 Å². The van der Waals surface area contributed by atoms with Crippen molar-refractivity contribution in [3.63, 3.8) is 0 Å². The SMILES string of the molecule is CCOc1cc(C#N)cc(Br)c1OC(=O)c1cccc(F)c1. The fourth-order valence-corrected chi connectivity index (χ4v) is 2.28. The van der Waals surface area contributed by atoms with Gasteiger partial charge >= 0.3 is 5.97 Å². The second-order valence-corrected chi connectivity index (χ2v) is 5.08. The highest BCUT2D eigenvalue weighted by Gasteiger charge is 2.17. The standard InChI is InChI=1S/C16H11BrFNO3/c1-2-21-14-7-10(9-19)6-13(17)15(14)22-16(20)11-4-3-5-12(18)8-11/h3-8H,2H2,1H3. The molecule has 0 aliphatic heterocycles. The molecule has 22 heavy (non-hydrogen) atoms. The molecule has 0 amide bonds. The van der Waals surface area contributed by atoms with Gasteiger partial charge in [-0.1, -0.05) is 6.07 Å². The normalized spacial score (nSPS) is 9.91. The Morgan fingerprint density at radius 1 is 1.36 bits per heavy atom. The summed E-state index contributed by atoms with van der Waals surface area (Å²) in [7, 11) is 0. The Morgan fingerprint density at radius 3 is 2.77 bits per heavy atom. The zero-order chi connectivity index (χ0) is 16.1. The summed E-state index contributed by atoms with van der Waals surface area (Å²) < 4.78 is 24.2. The minimum absolute atomic E-state index is 0.0821. The molecule has 0 fully saturated rings. The molecule has 112 valence electrons. The molecule has 0 unspecified atom stereocenters. The number of benzene rings is 2. The number of ether oxygens (including phenoxy) is 2. The molecule has 0 spiro atoms. The average Bonchev–Trinajstić information content (AvgIpc) is 2.50. The fraction of sp³-hybridized carbons (Fsp3) is 0.125. The molecule has 0 aromatic heterocycles. The van der Waals surface area contributed by atoms with Gasteiger partial charge in [0.05, 0.1) is 28.3 Å². The lowest BCUT2D eigenvalue weighted by atomic mass is 10.2. The van der Waals surface area contributed by atoms with Crippen LogP contribution in [0.4, 0.5) is 4.39 Å². The first kappa shape index (κ1) is 16.0. The van der Waals surface area contributed by atoms with Crippen LogP contribution >= 0.6 is 15.9 Å². The number of hydrogen-bond donors (Lipinski definition) is 0. The maximum atomic E-state index is 13.2. The van der Waals surface area contributed by atoms with Crippen LogP contribution in [0.5, 0.6) is 11.5 Å². The Hall–Kier alpha value is -2.39. The third-order valence-electron chi connectivity index (χ3n) is 2.69. The summed E-state index contributed by atoms with van der Waals surface area (Å²) in [6.45, 7) is 2.11. The summed E-state index contributed by atoms with van der Waals surface area (Å²) in [6, 6.07) is 10.2. The summed E-state index contributed by atoms with van der Waals surface area (Å²) in [6.07, 6.45) is 0. The summed E-state index contributed by atoms with van der Waals surface area (Å²) in [5.41, 5.74) is 0.444. The molecule has 0 saturated carbocycles. The highest BCUT2D eigenvalue weighted by atomic mass is 79.9. The van der Waals surface area contributed by atoms with Gasteiger partial charge in [0.1, 0.15) is 5.82 Å². The third kappa shape index (κ3) is 3.62. The van der Waals surface area contributed by atoms with Crippen LogP contribution in [0, 0.1) is 17.1 Å². The largest absolute Gasteiger partial charge is 0.490 e. The molecule has 0 aliphatic carbocycles. The highest BCUT2D eigenvalue weighted by molar-refractivity contribution is 9.10. The molecule has 0 N–H and O–H groups in total. The van der Waals surface area contributed by atoms with Crippen LogP contribution in [-0.4, -0.2) is 12.6 Å². The Kier molecular flexibility index (Phi) is 5.12. The van der Waals surface area contributed by atoms with Gasteiger partial charge in [0.15, 0.2) is 11.5 Å². The Labute approximate surface area is 135 Å². The number of nitrogens with zero attached hydrogens (tertiary/aromatic N) is 1. The van der Waals surface area contributed by atoms with Crippen LogP contribution in [0.1, 0.15) is 22.8 Å². The quantitative estimate of drug-likeness (QED) is 0.606. The summed E-state index contributed by atoms with van der Waals surface area (Å²) in [4.78, 5) is 12.1. The lowest BCUT2D eigenvalue weighted by Crippen LogP contribution is -2.10. The van der Waals surface area contributed by atoms with Crippen molar-refractivity contribution in [1.82, 2.24) is 0 Å². The first-order valence-corrected chi connectivity index (χ1v) is 7.18. The van der Waals surface area contributed by atoms with Crippen LogP contribution in [0.25, 0.3) is 0 Å². The van der Waals surface area contributed by atoms with E-state index in [0.29, 0.717) is 16.6 Å². The molecule has 2 aromatic rings. The van der Waals surface area contributed by atoms with E-state index in [4.69, 9.17) is 14.7 Å². The van der Waals surface area contributed by atoms with Crippen LogP contribution in [-0.2, 0) is 0 Å².